The summed E-state index contributed by atoms with van der Waals surface area (Å²) in [5.74, 6) is -6.04. The lowest BCUT2D eigenvalue weighted by molar-refractivity contribution is -0.0514. The average Bonchev–Trinajstić information content (AvgIpc) is 2.47. The fourth-order valence-electron chi connectivity index (χ4n) is 2.25. The van der Waals surface area contributed by atoms with Gasteiger partial charge in [-0.25, -0.2) is 8.78 Å². The summed E-state index contributed by atoms with van der Waals surface area (Å²) in [6.07, 6.45) is 0. The van der Waals surface area contributed by atoms with Gasteiger partial charge in [0.15, 0.2) is 17.4 Å². The van der Waals surface area contributed by atoms with E-state index >= 15 is 0 Å². The molecule has 21 heavy (non-hydrogen) atoms. The summed E-state index contributed by atoms with van der Waals surface area (Å²) in [7, 11) is 0. The molecule has 108 valence electrons. The minimum absolute atomic E-state index is 0.245. The highest BCUT2D eigenvalue weighted by Crippen LogP contribution is 2.36. The van der Waals surface area contributed by atoms with E-state index in [4.69, 9.17) is 0 Å². The Morgan fingerprint density at radius 2 is 1.33 bits per heavy atom. The fraction of sp³-hybridized carbons (Fsp3) is 0.0667. The number of alkyl halides is 2. The van der Waals surface area contributed by atoms with Crippen molar-refractivity contribution >= 4 is 21.5 Å². The van der Waals surface area contributed by atoms with Crippen LogP contribution < -0.4 is 4.74 Å². The van der Waals surface area contributed by atoms with Crippen LogP contribution in [-0.4, -0.2) is 6.61 Å². The number of halogens is 5. The normalized spacial score (nSPS) is 11.5. The standard InChI is InChI=1S/C15H7F5O/c16-11-9-5-7-3-1-2-4-8(7)6-10(9)14(21-15(19)20)13(18)12(11)17/h1-6,15H. The summed E-state index contributed by atoms with van der Waals surface area (Å²) in [6.45, 7) is -3.35. The first-order chi connectivity index (χ1) is 9.99. The molecule has 6 heteroatoms. The second-order valence-corrected chi connectivity index (χ2v) is 4.39. The highest BCUT2D eigenvalue weighted by Gasteiger charge is 2.23. The zero-order valence-corrected chi connectivity index (χ0v) is 10.3. The van der Waals surface area contributed by atoms with E-state index < -0.39 is 29.8 Å². The summed E-state index contributed by atoms with van der Waals surface area (Å²) >= 11 is 0. The van der Waals surface area contributed by atoms with E-state index in [-0.39, 0.29) is 10.8 Å². The maximum absolute atomic E-state index is 13.8. The molecule has 1 nitrogen and oxygen atoms in total. The van der Waals surface area contributed by atoms with Crippen LogP contribution in [0.5, 0.6) is 5.75 Å². The number of ether oxygens (including phenoxy) is 1. The molecule has 0 radical (unpaired) electrons. The van der Waals surface area contributed by atoms with Gasteiger partial charge in [-0.15, -0.1) is 0 Å². The first-order valence-electron chi connectivity index (χ1n) is 5.93. The van der Waals surface area contributed by atoms with E-state index in [1.807, 2.05) is 0 Å². The minimum Gasteiger partial charge on any atom is -0.431 e. The number of benzene rings is 3. The monoisotopic (exact) mass is 298 g/mol. The van der Waals surface area contributed by atoms with Gasteiger partial charge in [0.1, 0.15) is 0 Å². The summed E-state index contributed by atoms with van der Waals surface area (Å²) < 4.78 is 69.8. The van der Waals surface area contributed by atoms with Crippen LogP contribution in [0.1, 0.15) is 0 Å². The molecule has 0 saturated heterocycles. The topological polar surface area (TPSA) is 9.23 Å². The zero-order chi connectivity index (χ0) is 15.1. The number of rotatable bonds is 2. The summed E-state index contributed by atoms with van der Waals surface area (Å²) in [6, 6.07) is 9.19. The van der Waals surface area contributed by atoms with Crippen LogP contribution in [0.4, 0.5) is 22.0 Å². The van der Waals surface area contributed by atoms with E-state index in [2.05, 4.69) is 4.74 Å². The van der Waals surface area contributed by atoms with Gasteiger partial charge in [0.25, 0.3) is 0 Å². The van der Waals surface area contributed by atoms with Gasteiger partial charge in [-0.2, -0.15) is 13.2 Å². The number of hydrogen-bond acceptors (Lipinski definition) is 1. The third-order valence-corrected chi connectivity index (χ3v) is 3.16. The fourth-order valence-corrected chi connectivity index (χ4v) is 2.25. The maximum Gasteiger partial charge on any atom is 0.387 e. The van der Waals surface area contributed by atoms with E-state index in [1.165, 1.54) is 12.1 Å². The molecular weight excluding hydrogens is 291 g/mol. The molecule has 3 aromatic carbocycles. The van der Waals surface area contributed by atoms with Crippen LogP contribution in [0.3, 0.4) is 0 Å². The molecule has 0 fully saturated rings. The van der Waals surface area contributed by atoms with Gasteiger partial charge >= 0.3 is 6.61 Å². The van der Waals surface area contributed by atoms with E-state index in [0.29, 0.717) is 10.8 Å². The number of fused-ring (bicyclic) bond motifs is 2. The molecular formula is C15H7F5O. The third kappa shape index (κ3) is 2.16. The third-order valence-electron chi connectivity index (χ3n) is 3.16. The molecule has 0 bridgehead atoms. The molecule has 3 aromatic rings. The molecule has 0 spiro atoms. The summed E-state index contributed by atoms with van der Waals surface area (Å²) in [5, 5.41) is 0.570. The Bertz CT molecular complexity index is 844. The van der Waals surface area contributed by atoms with Gasteiger partial charge in [-0.05, 0) is 22.9 Å². The second-order valence-electron chi connectivity index (χ2n) is 4.39. The lowest BCUT2D eigenvalue weighted by Gasteiger charge is -2.12. The van der Waals surface area contributed by atoms with Crippen molar-refractivity contribution in [2.24, 2.45) is 0 Å². The largest absolute Gasteiger partial charge is 0.431 e. The van der Waals surface area contributed by atoms with Gasteiger partial charge in [-0.3, -0.25) is 0 Å². The van der Waals surface area contributed by atoms with E-state index in [1.54, 1.807) is 24.3 Å². The molecule has 0 aromatic heterocycles. The van der Waals surface area contributed by atoms with Crippen LogP contribution in [-0.2, 0) is 0 Å². The molecule has 0 unspecified atom stereocenters. The molecule has 0 aliphatic carbocycles. The van der Waals surface area contributed by atoms with Gasteiger partial charge in [0.2, 0.25) is 5.82 Å². The van der Waals surface area contributed by atoms with Crippen molar-refractivity contribution in [1.29, 1.82) is 0 Å². The molecule has 0 heterocycles. The predicted molar refractivity (Wildman–Crippen MR) is 68.0 cm³/mol. The summed E-state index contributed by atoms with van der Waals surface area (Å²) in [5.41, 5.74) is 0. The van der Waals surface area contributed by atoms with Gasteiger partial charge in [0.05, 0.1) is 0 Å². The lowest BCUT2D eigenvalue weighted by atomic mass is 10.0. The first-order valence-corrected chi connectivity index (χ1v) is 5.93. The molecule has 0 aliphatic heterocycles. The smallest absolute Gasteiger partial charge is 0.387 e. The lowest BCUT2D eigenvalue weighted by Crippen LogP contribution is -2.07. The van der Waals surface area contributed by atoms with Crippen LogP contribution in [0.25, 0.3) is 21.5 Å². The minimum atomic E-state index is -3.35. The van der Waals surface area contributed by atoms with E-state index in [0.717, 1.165) is 0 Å². The highest BCUT2D eigenvalue weighted by molar-refractivity contribution is 6.01. The van der Waals surface area contributed by atoms with Crippen LogP contribution in [0, 0.1) is 17.5 Å². The van der Waals surface area contributed by atoms with Crippen molar-refractivity contribution in [2.75, 3.05) is 0 Å². The average molecular weight is 298 g/mol. The van der Waals surface area contributed by atoms with Gasteiger partial charge < -0.3 is 4.74 Å². The molecule has 0 amide bonds. The Morgan fingerprint density at radius 1 is 0.762 bits per heavy atom. The van der Waals surface area contributed by atoms with Crippen LogP contribution in [0.2, 0.25) is 0 Å². The molecule has 3 rings (SSSR count). The van der Waals surface area contributed by atoms with Crippen molar-refractivity contribution in [3.05, 3.63) is 53.8 Å². The van der Waals surface area contributed by atoms with Gasteiger partial charge in [0, 0.05) is 10.8 Å². The van der Waals surface area contributed by atoms with Crippen LogP contribution >= 0.6 is 0 Å². The Balaban J connectivity index is 2.45. The molecule has 0 aliphatic rings. The highest BCUT2D eigenvalue weighted by atomic mass is 19.3. The van der Waals surface area contributed by atoms with Crippen molar-refractivity contribution in [3.63, 3.8) is 0 Å². The van der Waals surface area contributed by atoms with Gasteiger partial charge in [-0.1, -0.05) is 24.3 Å². The van der Waals surface area contributed by atoms with E-state index in [9.17, 15) is 22.0 Å². The van der Waals surface area contributed by atoms with Crippen molar-refractivity contribution in [2.45, 2.75) is 6.61 Å². The first kappa shape index (κ1) is 13.6. The summed E-state index contributed by atoms with van der Waals surface area (Å²) in [4.78, 5) is 0. The van der Waals surface area contributed by atoms with Crippen molar-refractivity contribution < 1.29 is 26.7 Å². The Labute approximate surface area is 115 Å². The number of hydrogen-bond donors (Lipinski definition) is 0. The molecule has 0 N–H and O–H groups in total. The van der Waals surface area contributed by atoms with Crippen molar-refractivity contribution in [3.8, 4) is 5.75 Å². The Hall–Kier alpha value is -2.37. The SMILES string of the molecule is Fc1c(F)c(OC(F)F)c2cc3ccccc3cc2c1F. The zero-order valence-electron chi connectivity index (χ0n) is 10.3. The molecule has 0 saturated carbocycles. The maximum atomic E-state index is 13.8. The van der Waals surface area contributed by atoms with Crippen molar-refractivity contribution in [1.82, 2.24) is 0 Å². The predicted octanol–water partition coefficient (Wildman–Crippen LogP) is 5.01. The molecule has 0 atom stereocenters. The Morgan fingerprint density at radius 3 is 1.90 bits per heavy atom. The quantitative estimate of drug-likeness (QED) is 0.367. The second kappa shape index (κ2) is 4.87. The van der Waals surface area contributed by atoms with Crippen LogP contribution in [0.15, 0.2) is 36.4 Å². The Kier molecular flexibility index (Phi) is 3.16.